The molecule has 1 aromatic carbocycles. The molecule has 0 saturated carbocycles. The lowest BCUT2D eigenvalue weighted by Gasteiger charge is -2.21. The van der Waals surface area contributed by atoms with Crippen molar-refractivity contribution >= 4 is 23.4 Å². The molecule has 0 aliphatic rings. The minimum atomic E-state index is 0.154. The number of aryl methyl sites for hydroxylation is 1. The highest BCUT2D eigenvalue weighted by atomic mass is 32.2. The second kappa shape index (κ2) is 5.96. The van der Waals surface area contributed by atoms with E-state index in [1.54, 1.807) is 16.7 Å². The molecule has 0 atom stereocenters. The van der Waals surface area contributed by atoms with Gasteiger partial charge in [0.25, 0.3) is 0 Å². The van der Waals surface area contributed by atoms with Gasteiger partial charge in [0.1, 0.15) is 0 Å². The second-order valence-corrected chi connectivity index (χ2v) is 5.43. The van der Waals surface area contributed by atoms with Gasteiger partial charge in [0, 0.05) is 23.7 Å². The van der Waals surface area contributed by atoms with Crippen LogP contribution in [0.4, 0.5) is 5.69 Å². The molecule has 0 fully saturated rings. The quantitative estimate of drug-likeness (QED) is 0.661. The van der Waals surface area contributed by atoms with Gasteiger partial charge in [-0.3, -0.25) is 4.79 Å². The number of benzene rings is 1. The molecule has 94 valence electrons. The van der Waals surface area contributed by atoms with Crippen LogP contribution in [0.25, 0.3) is 0 Å². The predicted octanol–water partition coefficient (Wildman–Crippen LogP) is 2.54. The van der Waals surface area contributed by atoms with E-state index in [0.29, 0.717) is 5.75 Å². The summed E-state index contributed by atoms with van der Waals surface area (Å²) in [4.78, 5) is 14.7. The van der Waals surface area contributed by atoms with E-state index in [1.165, 1.54) is 0 Å². The minimum absolute atomic E-state index is 0.154. The second-order valence-electron chi connectivity index (χ2n) is 4.41. The van der Waals surface area contributed by atoms with Crippen LogP contribution in [-0.2, 0) is 4.79 Å². The third kappa shape index (κ3) is 3.97. The molecule has 0 saturated heterocycles. The molecule has 0 heterocycles. The SMILES string of the molecule is Cc1cc(N)ccc1SCC(=O)N(C)C(C)C. The molecule has 2 N–H and O–H groups in total. The van der Waals surface area contributed by atoms with Crippen molar-refractivity contribution in [3.63, 3.8) is 0 Å². The van der Waals surface area contributed by atoms with Crippen molar-refractivity contribution in [2.75, 3.05) is 18.5 Å². The van der Waals surface area contributed by atoms with E-state index in [9.17, 15) is 4.79 Å². The summed E-state index contributed by atoms with van der Waals surface area (Å²) in [5, 5.41) is 0. The average Bonchev–Trinajstić information content (AvgIpc) is 2.26. The number of rotatable bonds is 4. The fourth-order valence-electron chi connectivity index (χ4n) is 1.36. The Bertz CT molecular complexity index is 404. The smallest absolute Gasteiger partial charge is 0.232 e. The summed E-state index contributed by atoms with van der Waals surface area (Å²) in [7, 11) is 1.84. The largest absolute Gasteiger partial charge is 0.399 e. The van der Waals surface area contributed by atoms with E-state index in [-0.39, 0.29) is 11.9 Å². The Morgan fingerprint density at radius 3 is 2.65 bits per heavy atom. The molecule has 0 radical (unpaired) electrons. The Morgan fingerprint density at radius 1 is 1.47 bits per heavy atom. The summed E-state index contributed by atoms with van der Waals surface area (Å²) >= 11 is 1.56. The van der Waals surface area contributed by atoms with Gasteiger partial charge in [-0.15, -0.1) is 11.8 Å². The van der Waals surface area contributed by atoms with Crippen LogP contribution in [0.3, 0.4) is 0 Å². The van der Waals surface area contributed by atoms with Gasteiger partial charge >= 0.3 is 0 Å². The molecule has 0 aromatic heterocycles. The van der Waals surface area contributed by atoms with Crippen LogP contribution < -0.4 is 5.73 Å². The molecule has 3 nitrogen and oxygen atoms in total. The molecule has 0 bridgehead atoms. The van der Waals surface area contributed by atoms with Crippen LogP contribution in [0.5, 0.6) is 0 Å². The monoisotopic (exact) mass is 252 g/mol. The third-order valence-electron chi connectivity index (χ3n) is 2.72. The highest BCUT2D eigenvalue weighted by Crippen LogP contribution is 2.24. The van der Waals surface area contributed by atoms with E-state index >= 15 is 0 Å². The first-order valence-electron chi connectivity index (χ1n) is 5.66. The Kier molecular flexibility index (Phi) is 4.87. The van der Waals surface area contributed by atoms with Crippen molar-refractivity contribution in [1.29, 1.82) is 0 Å². The van der Waals surface area contributed by atoms with Gasteiger partial charge in [0.15, 0.2) is 0 Å². The van der Waals surface area contributed by atoms with E-state index < -0.39 is 0 Å². The summed E-state index contributed by atoms with van der Waals surface area (Å²) in [6, 6.07) is 6.01. The van der Waals surface area contributed by atoms with Crippen molar-refractivity contribution in [3.8, 4) is 0 Å². The fraction of sp³-hybridized carbons (Fsp3) is 0.462. The van der Waals surface area contributed by atoms with Gasteiger partial charge < -0.3 is 10.6 Å². The number of nitrogens with zero attached hydrogens (tertiary/aromatic N) is 1. The Morgan fingerprint density at radius 2 is 2.12 bits per heavy atom. The van der Waals surface area contributed by atoms with E-state index in [0.717, 1.165) is 16.1 Å². The number of carbonyl (C=O) groups excluding carboxylic acids is 1. The summed E-state index contributed by atoms with van der Waals surface area (Å²) < 4.78 is 0. The van der Waals surface area contributed by atoms with Gasteiger partial charge in [-0.1, -0.05) is 0 Å². The van der Waals surface area contributed by atoms with Gasteiger partial charge in [0.05, 0.1) is 5.75 Å². The molecule has 4 heteroatoms. The predicted molar refractivity (Wildman–Crippen MR) is 74.2 cm³/mol. The first kappa shape index (κ1) is 13.9. The number of anilines is 1. The zero-order valence-corrected chi connectivity index (χ0v) is 11.7. The molecule has 0 aliphatic heterocycles. The van der Waals surface area contributed by atoms with Crippen molar-refractivity contribution in [3.05, 3.63) is 23.8 Å². The van der Waals surface area contributed by atoms with Gasteiger partial charge in [-0.2, -0.15) is 0 Å². The summed E-state index contributed by atoms with van der Waals surface area (Å²) in [5.74, 6) is 0.626. The normalized spacial score (nSPS) is 10.6. The summed E-state index contributed by atoms with van der Waals surface area (Å²) in [6.45, 7) is 6.03. The third-order valence-corrected chi connectivity index (χ3v) is 3.88. The van der Waals surface area contributed by atoms with Gasteiger partial charge in [-0.05, 0) is 44.5 Å². The molecule has 0 unspecified atom stereocenters. The van der Waals surface area contributed by atoms with E-state index in [2.05, 4.69) is 0 Å². The maximum Gasteiger partial charge on any atom is 0.232 e. The van der Waals surface area contributed by atoms with Crippen molar-refractivity contribution < 1.29 is 4.79 Å². The average molecular weight is 252 g/mol. The number of thioether (sulfide) groups is 1. The highest BCUT2D eigenvalue weighted by molar-refractivity contribution is 8.00. The molecule has 1 aromatic rings. The van der Waals surface area contributed by atoms with Gasteiger partial charge in [0.2, 0.25) is 5.91 Å². The molecule has 1 amide bonds. The van der Waals surface area contributed by atoms with Crippen LogP contribution >= 0.6 is 11.8 Å². The number of hydrogen-bond donors (Lipinski definition) is 1. The van der Waals surface area contributed by atoms with E-state index in [4.69, 9.17) is 5.73 Å². The summed E-state index contributed by atoms with van der Waals surface area (Å²) in [6.07, 6.45) is 0. The fourth-order valence-corrected chi connectivity index (χ4v) is 2.30. The topological polar surface area (TPSA) is 46.3 Å². The maximum atomic E-state index is 11.8. The van der Waals surface area contributed by atoms with Crippen LogP contribution in [0.2, 0.25) is 0 Å². The first-order chi connectivity index (χ1) is 7.91. The zero-order valence-electron chi connectivity index (χ0n) is 10.9. The van der Waals surface area contributed by atoms with Crippen LogP contribution in [0.1, 0.15) is 19.4 Å². The molecule has 1 rings (SSSR count). The lowest BCUT2D eigenvalue weighted by molar-refractivity contribution is -0.128. The molecular formula is C13H20N2OS. The van der Waals surface area contributed by atoms with Crippen LogP contribution in [-0.4, -0.2) is 29.6 Å². The Hall–Kier alpha value is -1.16. The first-order valence-corrected chi connectivity index (χ1v) is 6.65. The van der Waals surface area contributed by atoms with Crippen LogP contribution in [0, 0.1) is 6.92 Å². The Balaban J connectivity index is 2.59. The standard InChI is InChI=1S/C13H20N2OS/c1-9(2)15(4)13(16)8-17-12-6-5-11(14)7-10(12)3/h5-7,9H,8,14H2,1-4H3. The molecular weight excluding hydrogens is 232 g/mol. The molecule has 0 aliphatic carbocycles. The molecule has 17 heavy (non-hydrogen) atoms. The van der Waals surface area contributed by atoms with Crippen molar-refractivity contribution in [2.45, 2.75) is 31.7 Å². The van der Waals surface area contributed by atoms with Crippen molar-refractivity contribution in [1.82, 2.24) is 4.90 Å². The van der Waals surface area contributed by atoms with Crippen LogP contribution in [0.15, 0.2) is 23.1 Å². The number of nitrogens with two attached hydrogens (primary N) is 1. The number of hydrogen-bond acceptors (Lipinski definition) is 3. The highest BCUT2D eigenvalue weighted by Gasteiger charge is 2.12. The molecule has 0 spiro atoms. The lowest BCUT2D eigenvalue weighted by atomic mass is 10.2. The Labute approximate surface area is 107 Å². The van der Waals surface area contributed by atoms with Gasteiger partial charge in [-0.25, -0.2) is 0 Å². The summed E-state index contributed by atoms with van der Waals surface area (Å²) in [5.41, 5.74) is 7.57. The van der Waals surface area contributed by atoms with Crippen molar-refractivity contribution in [2.24, 2.45) is 0 Å². The minimum Gasteiger partial charge on any atom is -0.399 e. The number of nitrogen functional groups attached to an aromatic ring is 1. The zero-order chi connectivity index (χ0) is 13.0. The van der Waals surface area contributed by atoms with E-state index in [1.807, 2.05) is 46.0 Å². The number of carbonyl (C=O) groups is 1. The maximum absolute atomic E-state index is 11.8. The lowest BCUT2D eigenvalue weighted by Crippen LogP contribution is -2.34. The number of amides is 1.